The minimum absolute atomic E-state index is 0.0451. The molecule has 0 radical (unpaired) electrons. The highest BCUT2D eigenvalue weighted by Gasteiger charge is 2.38. The summed E-state index contributed by atoms with van der Waals surface area (Å²) in [5, 5.41) is 27.0. The summed E-state index contributed by atoms with van der Waals surface area (Å²) in [5.41, 5.74) is 0. The van der Waals surface area contributed by atoms with Crippen molar-refractivity contribution in [2.24, 2.45) is 7.05 Å². The molecule has 0 aromatic carbocycles. The molecule has 4 N–H and O–H groups in total. The second kappa shape index (κ2) is 13.9. The van der Waals surface area contributed by atoms with Crippen LogP contribution in [0.2, 0.25) is 0 Å². The van der Waals surface area contributed by atoms with Crippen molar-refractivity contribution >= 4 is 29.2 Å². The summed E-state index contributed by atoms with van der Waals surface area (Å²) in [7, 11) is 1.90. The summed E-state index contributed by atoms with van der Waals surface area (Å²) in [6.45, 7) is 1.69. The number of rotatable bonds is 6. The zero-order valence-corrected chi connectivity index (χ0v) is 20.0. The molecule has 1 saturated heterocycles. The van der Waals surface area contributed by atoms with Gasteiger partial charge in [0.2, 0.25) is 0 Å². The third-order valence-corrected chi connectivity index (χ3v) is 5.82. The molecule has 2 aromatic heterocycles. The third kappa shape index (κ3) is 10.8. The van der Waals surface area contributed by atoms with Crippen LogP contribution < -0.4 is 5.32 Å². The number of aryl methyl sites for hydroxylation is 1. The molecule has 0 aliphatic carbocycles. The van der Waals surface area contributed by atoms with Gasteiger partial charge in [0.25, 0.3) is 5.91 Å². The van der Waals surface area contributed by atoms with Crippen LogP contribution in [-0.2, 0) is 23.2 Å². The second-order valence-electron chi connectivity index (χ2n) is 7.36. The Morgan fingerprint density at radius 1 is 1.14 bits per heavy atom. The van der Waals surface area contributed by atoms with Gasteiger partial charge in [-0.1, -0.05) is 0 Å². The quantitative estimate of drug-likeness (QED) is 0.394. The summed E-state index contributed by atoms with van der Waals surface area (Å²) in [6.07, 6.45) is -4.29. The van der Waals surface area contributed by atoms with Crippen molar-refractivity contribution in [1.29, 1.82) is 0 Å². The molecule has 0 spiro atoms. The van der Waals surface area contributed by atoms with Gasteiger partial charge in [-0.15, -0.1) is 11.3 Å². The Morgan fingerprint density at radius 3 is 2.11 bits per heavy atom. The first-order chi connectivity index (χ1) is 17.1. The summed E-state index contributed by atoms with van der Waals surface area (Å²) in [6, 6.07) is 4.31. The number of thiophene rings is 1. The van der Waals surface area contributed by atoms with Crippen LogP contribution in [0, 0.1) is 0 Å². The van der Waals surface area contributed by atoms with Gasteiger partial charge in [-0.05, 0) is 31.5 Å². The number of hydrogen-bond donors (Lipinski definition) is 4. The predicted molar refractivity (Wildman–Crippen MR) is 117 cm³/mol. The summed E-state index contributed by atoms with van der Waals surface area (Å²) in [4.78, 5) is 38.4. The molecular formula is C20H24F6N4O6S. The Hall–Kier alpha value is -3.18. The number of carboxylic acid groups (broad SMARTS) is 2. The van der Waals surface area contributed by atoms with E-state index >= 15 is 0 Å². The van der Waals surface area contributed by atoms with E-state index in [4.69, 9.17) is 19.8 Å². The summed E-state index contributed by atoms with van der Waals surface area (Å²) in [5.74, 6) is -4.75. The zero-order chi connectivity index (χ0) is 28.4. The van der Waals surface area contributed by atoms with Crippen molar-refractivity contribution < 1.29 is 56.0 Å². The number of nitrogens with one attached hydrogen (secondary N) is 1. The fraction of sp³-hybridized carbons (Fsp3) is 0.500. The molecule has 0 bridgehead atoms. The fourth-order valence-electron chi connectivity index (χ4n) is 2.83. The molecular weight excluding hydrogens is 538 g/mol. The molecule has 1 aliphatic rings. The average Bonchev–Trinajstić information content (AvgIpc) is 3.55. The Balaban J connectivity index is 0.000000404. The van der Waals surface area contributed by atoms with Crippen LogP contribution in [0.15, 0.2) is 24.5 Å². The number of carbonyl (C=O) groups is 3. The van der Waals surface area contributed by atoms with E-state index in [1.165, 1.54) is 11.3 Å². The fourth-order valence-corrected chi connectivity index (χ4v) is 3.92. The molecule has 1 amide bonds. The average molecular weight is 562 g/mol. The molecule has 1 aliphatic heterocycles. The SMILES string of the molecule is Cn1ccnc1CN(CCO)C(=O)c1ccc(C2CCCN2)s1.O=C(O)C(F)(F)F.O=C(O)C(F)(F)F. The molecule has 0 saturated carbocycles. The monoisotopic (exact) mass is 562 g/mol. The van der Waals surface area contributed by atoms with E-state index in [9.17, 15) is 36.2 Å². The van der Waals surface area contributed by atoms with Crippen LogP contribution in [0.5, 0.6) is 0 Å². The number of aliphatic hydroxyl groups is 1. The molecule has 1 atom stereocenters. The topological polar surface area (TPSA) is 145 Å². The van der Waals surface area contributed by atoms with Crippen LogP contribution in [0.3, 0.4) is 0 Å². The number of aromatic nitrogens is 2. The van der Waals surface area contributed by atoms with E-state index in [0.717, 1.165) is 23.7 Å². The summed E-state index contributed by atoms with van der Waals surface area (Å²) >= 11 is 1.55. The minimum Gasteiger partial charge on any atom is -0.475 e. The first-order valence-corrected chi connectivity index (χ1v) is 11.2. The van der Waals surface area contributed by atoms with Gasteiger partial charge in [-0.3, -0.25) is 4.79 Å². The number of amides is 1. The number of carboxylic acids is 2. The molecule has 3 heterocycles. The minimum atomic E-state index is -5.08. The lowest BCUT2D eigenvalue weighted by atomic mass is 10.2. The molecule has 37 heavy (non-hydrogen) atoms. The van der Waals surface area contributed by atoms with Gasteiger partial charge >= 0.3 is 24.3 Å². The highest BCUT2D eigenvalue weighted by molar-refractivity contribution is 7.14. The maximum Gasteiger partial charge on any atom is 0.490 e. The lowest BCUT2D eigenvalue weighted by Gasteiger charge is -2.20. The first-order valence-electron chi connectivity index (χ1n) is 10.4. The van der Waals surface area contributed by atoms with Gasteiger partial charge in [-0.25, -0.2) is 14.6 Å². The van der Waals surface area contributed by atoms with E-state index in [-0.39, 0.29) is 12.5 Å². The number of imidazole rings is 1. The third-order valence-electron chi connectivity index (χ3n) is 4.64. The lowest BCUT2D eigenvalue weighted by molar-refractivity contribution is -0.193. The van der Waals surface area contributed by atoms with Crippen molar-refractivity contribution in [3.8, 4) is 0 Å². The van der Waals surface area contributed by atoms with Crippen molar-refractivity contribution in [2.75, 3.05) is 19.7 Å². The van der Waals surface area contributed by atoms with Crippen molar-refractivity contribution in [3.05, 3.63) is 40.1 Å². The van der Waals surface area contributed by atoms with E-state index in [1.807, 2.05) is 29.9 Å². The Labute approximate surface area is 210 Å². The van der Waals surface area contributed by atoms with Crippen molar-refractivity contribution in [2.45, 2.75) is 37.8 Å². The Kier molecular flexibility index (Phi) is 12.0. The molecule has 208 valence electrons. The van der Waals surface area contributed by atoms with Gasteiger partial charge in [0.05, 0.1) is 18.0 Å². The van der Waals surface area contributed by atoms with Gasteiger partial charge in [0.1, 0.15) is 5.82 Å². The van der Waals surface area contributed by atoms with Crippen LogP contribution in [-0.4, -0.2) is 79.7 Å². The maximum absolute atomic E-state index is 12.8. The van der Waals surface area contributed by atoms with Gasteiger partial charge in [0, 0.05) is 36.9 Å². The number of aliphatic carboxylic acids is 2. The summed E-state index contributed by atoms with van der Waals surface area (Å²) < 4.78 is 65.4. The van der Waals surface area contributed by atoms with Crippen LogP contribution >= 0.6 is 11.3 Å². The highest BCUT2D eigenvalue weighted by Crippen LogP contribution is 2.30. The van der Waals surface area contributed by atoms with E-state index in [0.29, 0.717) is 19.1 Å². The van der Waals surface area contributed by atoms with Crippen LogP contribution in [0.4, 0.5) is 26.3 Å². The molecule has 1 unspecified atom stereocenters. The molecule has 3 rings (SSSR count). The van der Waals surface area contributed by atoms with Crippen LogP contribution in [0.1, 0.15) is 39.3 Å². The van der Waals surface area contributed by atoms with Gasteiger partial charge < -0.3 is 30.1 Å². The van der Waals surface area contributed by atoms with E-state index in [2.05, 4.69) is 10.3 Å². The highest BCUT2D eigenvalue weighted by atomic mass is 32.1. The normalized spacial score (nSPS) is 15.2. The number of aliphatic hydroxyl groups excluding tert-OH is 1. The lowest BCUT2D eigenvalue weighted by Crippen LogP contribution is -2.33. The van der Waals surface area contributed by atoms with Gasteiger partial charge in [-0.2, -0.15) is 26.3 Å². The van der Waals surface area contributed by atoms with Crippen molar-refractivity contribution in [1.82, 2.24) is 19.8 Å². The maximum atomic E-state index is 12.8. The van der Waals surface area contributed by atoms with E-state index < -0.39 is 24.3 Å². The van der Waals surface area contributed by atoms with E-state index in [1.54, 1.807) is 22.4 Å². The Bertz CT molecular complexity index is 1010. The number of nitrogens with zero attached hydrogens (tertiary/aromatic N) is 3. The molecule has 2 aromatic rings. The van der Waals surface area contributed by atoms with Crippen molar-refractivity contribution in [3.63, 3.8) is 0 Å². The van der Waals surface area contributed by atoms with Crippen LogP contribution in [0.25, 0.3) is 0 Å². The zero-order valence-electron chi connectivity index (χ0n) is 19.2. The molecule has 1 fully saturated rings. The number of carbonyl (C=O) groups excluding carboxylic acids is 1. The second-order valence-corrected chi connectivity index (χ2v) is 8.48. The Morgan fingerprint density at radius 2 is 1.70 bits per heavy atom. The largest absolute Gasteiger partial charge is 0.490 e. The van der Waals surface area contributed by atoms with Gasteiger partial charge in [0.15, 0.2) is 0 Å². The smallest absolute Gasteiger partial charge is 0.475 e. The number of hydrogen-bond acceptors (Lipinski definition) is 7. The molecule has 17 heteroatoms. The first kappa shape index (κ1) is 31.8. The molecule has 10 nitrogen and oxygen atoms in total. The number of halogens is 6. The predicted octanol–water partition coefficient (Wildman–Crippen LogP) is 2.81. The standard InChI is InChI=1S/C16H22N4O2S.2C2HF3O2/c1-19-8-7-18-15(19)11-20(9-10-21)16(22)14-5-4-13(23-14)12-3-2-6-17-12;2*3-2(4,5)1(6)7/h4-5,7-8,12,17,21H,2-3,6,9-11H2,1H3;2*(H,6,7). The number of alkyl halides is 6.